The van der Waals surface area contributed by atoms with Crippen molar-refractivity contribution in [2.45, 2.75) is 19.3 Å². The van der Waals surface area contributed by atoms with Gasteiger partial charge >= 0.3 is 0 Å². The molecule has 5 nitrogen and oxygen atoms in total. The van der Waals surface area contributed by atoms with Crippen LogP contribution in [0.15, 0.2) is 28.7 Å². The van der Waals surface area contributed by atoms with E-state index in [2.05, 4.69) is 36.7 Å². The number of carbonyl (C=O) groups excluding carboxylic acids is 1. The zero-order chi connectivity index (χ0) is 13.2. The van der Waals surface area contributed by atoms with Crippen LogP contribution in [-0.2, 0) is 17.6 Å². The van der Waals surface area contributed by atoms with Gasteiger partial charge in [0.2, 0.25) is 5.91 Å². The van der Waals surface area contributed by atoms with Crippen molar-refractivity contribution in [3.63, 3.8) is 0 Å². The van der Waals surface area contributed by atoms with Crippen molar-refractivity contribution >= 4 is 27.5 Å². The van der Waals surface area contributed by atoms with E-state index in [9.17, 15) is 4.79 Å². The molecule has 6 heteroatoms. The van der Waals surface area contributed by atoms with Crippen molar-refractivity contribution in [1.82, 2.24) is 15.4 Å². The summed E-state index contributed by atoms with van der Waals surface area (Å²) < 4.78 is 0.996. The number of aromatic amines is 1. The minimum Gasteiger partial charge on any atom is -0.326 e. The van der Waals surface area contributed by atoms with Gasteiger partial charge in [0, 0.05) is 22.5 Å². The lowest BCUT2D eigenvalue weighted by Crippen LogP contribution is -2.28. The Labute approximate surface area is 118 Å². The molecule has 0 spiro atoms. The topological polar surface area (TPSA) is 70.7 Å². The average Bonchev–Trinajstić information content (AvgIpc) is 2.88. The van der Waals surface area contributed by atoms with E-state index in [0.29, 0.717) is 6.42 Å². The number of halogens is 1. The van der Waals surface area contributed by atoms with Gasteiger partial charge in [0.05, 0.1) is 11.4 Å². The van der Waals surface area contributed by atoms with E-state index in [1.54, 1.807) is 0 Å². The Morgan fingerprint density at radius 1 is 1.26 bits per heavy atom. The molecule has 0 saturated heterocycles. The van der Waals surface area contributed by atoms with E-state index < -0.39 is 0 Å². The quantitative estimate of drug-likeness (QED) is 0.892. The molecule has 1 amide bonds. The number of H-pyrrole nitrogens is 1. The number of hydrogen-bond acceptors (Lipinski definition) is 3. The molecule has 1 aliphatic carbocycles. The molecule has 2 N–H and O–H groups in total. The van der Waals surface area contributed by atoms with Gasteiger partial charge < -0.3 is 5.32 Å². The Bertz CT molecular complexity index is 593. The van der Waals surface area contributed by atoms with Crippen molar-refractivity contribution in [3.05, 3.63) is 40.1 Å². The second-order valence-corrected chi connectivity index (χ2v) is 5.57. The Hall–Kier alpha value is -1.69. The molecular formula is C13H13BrN4O. The van der Waals surface area contributed by atoms with E-state index in [1.165, 1.54) is 0 Å². The van der Waals surface area contributed by atoms with Crippen LogP contribution in [0.4, 0.5) is 5.69 Å². The third kappa shape index (κ3) is 2.68. The second-order valence-electron chi connectivity index (χ2n) is 4.65. The van der Waals surface area contributed by atoms with E-state index >= 15 is 0 Å². The Kier molecular flexibility index (Phi) is 3.33. The number of nitrogens with one attached hydrogen (secondary N) is 2. The molecule has 19 heavy (non-hydrogen) atoms. The van der Waals surface area contributed by atoms with E-state index in [4.69, 9.17) is 0 Å². The van der Waals surface area contributed by atoms with Crippen LogP contribution < -0.4 is 5.32 Å². The van der Waals surface area contributed by atoms with E-state index in [1.807, 2.05) is 24.3 Å². The summed E-state index contributed by atoms with van der Waals surface area (Å²) in [6.45, 7) is 0. The molecule has 98 valence electrons. The van der Waals surface area contributed by atoms with Crippen LogP contribution in [0.1, 0.15) is 17.8 Å². The van der Waals surface area contributed by atoms with Crippen molar-refractivity contribution in [2.75, 3.05) is 5.32 Å². The summed E-state index contributed by atoms with van der Waals surface area (Å²) in [4.78, 5) is 12.2. The zero-order valence-electron chi connectivity index (χ0n) is 10.2. The first-order valence-electron chi connectivity index (χ1n) is 6.17. The minimum absolute atomic E-state index is 0.0266. The summed E-state index contributed by atoms with van der Waals surface area (Å²) >= 11 is 3.37. The number of benzene rings is 1. The molecule has 0 aliphatic heterocycles. The van der Waals surface area contributed by atoms with Gasteiger partial charge in [-0.25, -0.2) is 0 Å². The number of aryl methyl sites for hydroxylation is 1. The maximum atomic E-state index is 12.2. The van der Waals surface area contributed by atoms with Crippen molar-refractivity contribution in [3.8, 4) is 0 Å². The predicted octanol–water partition coefficient (Wildman–Crippen LogP) is 2.31. The lowest BCUT2D eigenvalue weighted by molar-refractivity contribution is -0.120. The van der Waals surface area contributed by atoms with Crippen molar-refractivity contribution < 1.29 is 4.79 Å². The van der Waals surface area contributed by atoms with Gasteiger partial charge in [-0.2, -0.15) is 15.4 Å². The van der Waals surface area contributed by atoms with Gasteiger partial charge in [-0.3, -0.25) is 4.79 Å². The number of hydrogen-bond donors (Lipinski definition) is 2. The fraction of sp³-hybridized carbons (Fsp3) is 0.308. The summed E-state index contributed by atoms with van der Waals surface area (Å²) in [6, 6.07) is 7.58. The van der Waals surface area contributed by atoms with Gasteiger partial charge in [-0.15, -0.1) is 0 Å². The standard InChI is InChI=1S/C13H13BrN4O/c14-9-2-4-10(5-3-9)15-13(19)8-1-6-11-12(7-8)17-18-16-11/h2-5,8H,1,6-7H2,(H,15,19)(H,16,17,18). The Morgan fingerprint density at radius 3 is 2.79 bits per heavy atom. The molecule has 0 saturated carbocycles. The summed E-state index contributed by atoms with van der Waals surface area (Å²) in [5.74, 6) is 0.0252. The lowest BCUT2D eigenvalue weighted by atomic mass is 9.89. The highest BCUT2D eigenvalue weighted by Gasteiger charge is 2.27. The number of nitrogens with zero attached hydrogens (tertiary/aromatic N) is 2. The summed E-state index contributed by atoms with van der Waals surface area (Å²) in [7, 11) is 0. The number of fused-ring (bicyclic) bond motifs is 1. The fourth-order valence-corrected chi connectivity index (χ4v) is 2.55. The first kappa shape index (κ1) is 12.3. The molecule has 0 radical (unpaired) electrons. The van der Waals surface area contributed by atoms with Crippen LogP contribution in [0.5, 0.6) is 0 Å². The molecular weight excluding hydrogens is 308 g/mol. The summed E-state index contributed by atoms with van der Waals surface area (Å²) in [5, 5.41) is 13.7. The molecule has 2 aromatic rings. The van der Waals surface area contributed by atoms with Crippen LogP contribution in [-0.4, -0.2) is 21.3 Å². The summed E-state index contributed by atoms with van der Waals surface area (Å²) in [6.07, 6.45) is 2.29. The smallest absolute Gasteiger partial charge is 0.227 e. The Balaban J connectivity index is 1.67. The molecule has 1 atom stereocenters. The minimum atomic E-state index is -0.0266. The third-order valence-corrected chi connectivity index (χ3v) is 3.88. The summed E-state index contributed by atoms with van der Waals surface area (Å²) in [5.41, 5.74) is 2.73. The number of carbonyl (C=O) groups is 1. The first-order valence-corrected chi connectivity index (χ1v) is 6.96. The van der Waals surface area contributed by atoms with Gasteiger partial charge in [0.25, 0.3) is 0 Å². The highest BCUT2D eigenvalue weighted by atomic mass is 79.9. The molecule has 1 heterocycles. The molecule has 1 aliphatic rings. The van der Waals surface area contributed by atoms with E-state index in [-0.39, 0.29) is 11.8 Å². The zero-order valence-corrected chi connectivity index (χ0v) is 11.8. The number of amides is 1. The van der Waals surface area contributed by atoms with Crippen LogP contribution >= 0.6 is 15.9 Å². The first-order chi connectivity index (χ1) is 9.22. The molecule has 3 rings (SSSR count). The number of anilines is 1. The third-order valence-electron chi connectivity index (χ3n) is 3.35. The maximum absolute atomic E-state index is 12.2. The lowest BCUT2D eigenvalue weighted by Gasteiger charge is -2.19. The van der Waals surface area contributed by atoms with Gasteiger partial charge in [-0.05, 0) is 37.1 Å². The fourth-order valence-electron chi connectivity index (χ4n) is 2.29. The largest absolute Gasteiger partial charge is 0.326 e. The van der Waals surface area contributed by atoms with Gasteiger partial charge in [0.1, 0.15) is 0 Å². The van der Waals surface area contributed by atoms with E-state index in [0.717, 1.165) is 34.4 Å². The van der Waals surface area contributed by atoms with Crippen LogP contribution in [0, 0.1) is 5.92 Å². The highest BCUT2D eigenvalue weighted by molar-refractivity contribution is 9.10. The normalized spacial score (nSPS) is 17.8. The van der Waals surface area contributed by atoms with Gasteiger partial charge in [0.15, 0.2) is 0 Å². The van der Waals surface area contributed by atoms with Crippen LogP contribution in [0.25, 0.3) is 0 Å². The van der Waals surface area contributed by atoms with Crippen LogP contribution in [0.3, 0.4) is 0 Å². The van der Waals surface area contributed by atoms with Crippen LogP contribution in [0.2, 0.25) is 0 Å². The Morgan fingerprint density at radius 2 is 2.00 bits per heavy atom. The second kappa shape index (κ2) is 5.13. The SMILES string of the molecule is O=C(Nc1ccc(Br)cc1)C1CCc2n[nH]nc2C1. The molecule has 0 fully saturated rings. The monoisotopic (exact) mass is 320 g/mol. The molecule has 0 bridgehead atoms. The maximum Gasteiger partial charge on any atom is 0.227 e. The van der Waals surface area contributed by atoms with Crippen molar-refractivity contribution in [1.29, 1.82) is 0 Å². The van der Waals surface area contributed by atoms with Crippen molar-refractivity contribution in [2.24, 2.45) is 5.92 Å². The molecule has 1 aromatic carbocycles. The highest BCUT2D eigenvalue weighted by Crippen LogP contribution is 2.24. The predicted molar refractivity (Wildman–Crippen MR) is 74.7 cm³/mol. The molecule has 1 aromatic heterocycles. The number of rotatable bonds is 2. The number of aromatic nitrogens is 3. The molecule has 1 unspecified atom stereocenters. The van der Waals surface area contributed by atoms with Gasteiger partial charge in [-0.1, -0.05) is 15.9 Å². The average molecular weight is 321 g/mol.